The van der Waals surface area contributed by atoms with Crippen LogP contribution in [0.5, 0.6) is 0 Å². The Balaban J connectivity index is 1.43. The molecule has 0 fully saturated rings. The van der Waals surface area contributed by atoms with E-state index in [0.717, 1.165) is 40.0 Å². The molecule has 0 aliphatic rings. The van der Waals surface area contributed by atoms with Gasteiger partial charge in [0.2, 0.25) is 0 Å². The topological polar surface area (TPSA) is 70.7 Å². The monoisotopic (exact) mass is 396 g/mol. The second kappa shape index (κ2) is 7.38. The fraction of sp³-hybridized carbons (Fsp3) is 0.0952. The lowest BCUT2D eigenvalue weighted by Gasteiger charge is -2.09. The molecule has 4 rings (SSSR count). The summed E-state index contributed by atoms with van der Waals surface area (Å²) in [6.45, 7) is 0.253. The number of nitrogens with one attached hydrogen (secondary N) is 2. The first-order valence-electron chi connectivity index (χ1n) is 8.75. The van der Waals surface area contributed by atoms with Gasteiger partial charge in [0.05, 0.1) is 11.3 Å². The fourth-order valence-electron chi connectivity index (χ4n) is 2.98. The van der Waals surface area contributed by atoms with Crippen molar-refractivity contribution in [3.05, 3.63) is 83.8 Å². The first kappa shape index (κ1) is 18.7. The van der Waals surface area contributed by atoms with Crippen molar-refractivity contribution in [1.82, 2.24) is 20.3 Å². The Bertz CT molecular complexity index is 1150. The number of hydrogen-bond acceptors (Lipinski definition) is 3. The van der Waals surface area contributed by atoms with Gasteiger partial charge < -0.3 is 10.3 Å². The maximum Gasteiger partial charge on any atom is 0.416 e. The normalized spacial score (nSPS) is 11.6. The number of fused-ring (bicyclic) bond motifs is 1. The molecule has 0 aliphatic heterocycles. The minimum Gasteiger partial charge on any atom is -0.348 e. The molecule has 29 heavy (non-hydrogen) atoms. The predicted octanol–water partition coefficient (Wildman–Crippen LogP) is 4.57. The van der Waals surface area contributed by atoms with Crippen LogP contribution in [0.3, 0.4) is 0 Å². The molecule has 0 saturated carbocycles. The third-order valence-corrected chi connectivity index (χ3v) is 4.51. The number of rotatable bonds is 4. The Morgan fingerprint density at radius 1 is 0.966 bits per heavy atom. The highest BCUT2D eigenvalue weighted by atomic mass is 19.4. The molecule has 0 bridgehead atoms. The number of H-pyrrole nitrogens is 1. The van der Waals surface area contributed by atoms with Crippen molar-refractivity contribution in [3.8, 4) is 11.3 Å². The number of hydrogen-bond donors (Lipinski definition) is 2. The molecule has 2 N–H and O–H groups in total. The van der Waals surface area contributed by atoms with E-state index >= 15 is 0 Å². The number of aromatic amines is 1. The Morgan fingerprint density at radius 3 is 2.38 bits per heavy atom. The van der Waals surface area contributed by atoms with Gasteiger partial charge in [-0.15, -0.1) is 0 Å². The summed E-state index contributed by atoms with van der Waals surface area (Å²) in [5.74, 6) is -0.437. The number of carbonyl (C=O) groups excluding carboxylic acids is 1. The largest absolute Gasteiger partial charge is 0.416 e. The van der Waals surface area contributed by atoms with Crippen molar-refractivity contribution in [2.24, 2.45) is 0 Å². The highest BCUT2D eigenvalue weighted by molar-refractivity contribution is 5.94. The number of carbonyl (C=O) groups is 1. The van der Waals surface area contributed by atoms with Crippen LogP contribution in [0.15, 0.2) is 67.1 Å². The summed E-state index contributed by atoms with van der Waals surface area (Å²) in [4.78, 5) is 23.7. The van der Waals surface area contributed by atoms with Crippen molar-refractivity contribution in [2.75, 3.05) is 0 Å². The number of aromatic nitrogens is 3. The highest BCUT2D eigenvalue weighted by Crippen LogP contribution is 2.29. The van der Waals surface area contributed by atoms with E-state index in [0.29, 0.717) is 0 Å². The summed E-state index contributed by atoms with van der Waals surface area (Å²) in [5, 5.41) is 3.62. The molecule has 8 heteroatoms. The van der Waals surface area contributed by atoms with E-state index in [-0.39, 0.29) is 12.1 Å². The zero-order valence-corrected chi connectivity index (χ0v) is 15.0. The first-order valence-corrected chi connectivity index (χ1v) is 8.75. The molecule has 0 spiro atoms. The van der Waals surface area contributed by atoms with Crippen LogP contribution < -0.4 is 5.32 Å². The lowest BCUT2D eigenvalue weighted by Crippen LogP contribution is -2.22. The van der Waals surface area contributed by atoms with Gasteiger partial charge in [-0.05, 0) is 35.9 Å². The number of alkyl halides is 3. The summed E-state index contributed by atoms with van der Waals surface area (Å²) in [5.41, 5.74) is 2.71. The lowest BCUT2D eigenvalue weighted by molar-refractivity contribution is -0.137. The molecule has 2 aromatic carbocycles. The first-order chi connectivity index (χ1) is 13.9. The Labute approximate surface area is 163 Å². The summed E-state index contributed by atoms with van der Waals surface area (Å²) < 4.78 is 37.8. The van der Waals surface area contributed by atoms with Crippen LogP contribution in [0.4, 0.5) is 13.2 Å². The number of halogens is 3. The smallest absolute Gasteiger partial charge is 0.348 e. The van der Waals surface area contributed by atoms with E-state index < -0.39 is 17.6 Å². The third kappa shape index (κ3) is 3.96. The molecule has 2 heterocycles. The van der Waals surface area contributed by atoms with Crippen molar-refractivity contribution in [3.63, 3.8) is 0 Å². The Kier molecular flexibility index (Phi) is 4.75. The van der Waals surface area contributed by atoms with Gasteiger partial charge in [0, 0.05) is 29.3 Å². The minimum absolute atomic E-state index is 0.172. The number of nitrogens with zero attached hydrogens (tertiary/aromatic N) is 2. The van der Waals surface area contributed by atoms with E-state index in [9.17, 15) is 18.0 Å². The number of benzene rings is 2. The van der Waals surface area contributed by atoms with Crippen LogP contribution in [0.1, 0.15) is 21.5 Å². The quantitative estimate of drug-likeness (QED) is 0.531. The molecule has 1 amide bonds. The number of amides is 1. The van der Waals surface area contributed by atoms with Crippen LogP contribution >= 0.6 is 0 Å². The molecule has 4 aromatic rings. The lowest BCUT2D eigenvalue weighted by atomic mass is 10.1. The summed E-state index contributed by atoms with van der Waals surface area (Å²) >= 11 is 0. The fourth-order valence-corrected chi connectivity index (χ4v) is 2.98. The second-order valence-corrected chi connectivity index (χ2v) is 6.42. The maximum atomic E-state index is 12.6. The molecule has 0 atom stereocenters. The zero-order valence-electron chi connectivity index (χ0n) is 15.0. The van der Waals surface area contributed by atoms with Gasteiger partial charge in [-0.2, -0.15) is 13.2 Å². The van der Waals surface area contributed by atoms with Crippen LogP contribution in [-0.4, -0.2) is 20.9 Å². The third-order valence-electron chi connectivity index (χ3n) is 4.51. The standard InChI is InChI=1S/C21H15F3N4O/c22-21(23,24)16-7-5-15(6-8-16)20(29)26-11-13-1-3-14(4-2-13)18-17-9-10-25-19(17)28-12-27-18/h1-10,12H,11H2,(H,26,29)(H,25,27,28). The van der Waals surface area contributed by atoms with Crippen LogP contribution in [-0.2, 0) is 12.7 Å². The molecular weight excluding hydrogens is 381 g/mol. The molecule has 5 nitrogen and oxygen atoms in total. The van der Waals surface area contributed by atoms with Crippen LogP contribution in [0, 0.1) is 0 Å². The summed E-state index contributed by atoms with van der Waals surface area (Å²) in [6, 6.07) is 13.6. The van der Waals surface area contributed by atoms with E-state index in [1.165, 1.54) is 18.5 Å². The summed E-state index contributed by atoms with van der Waals surface area (Å²) in [6.07, 6.45) is -1.13. The molecule has 0 radical (unpaired) electrons. The van der Waals surface area contributed by atoms with Crippen molar-refractivity contribution >= 4 is 16.9 Å². The molecular formula is C21H15F3N4O. The van der Waals surface area contributed by atoms with Crippen LogP contribution in [0.25, 0.3) is 22.3 Å². The van der Waals surface area contributed by atoms with E-state index in [2.05, 4.69) is 20.3 Å². The van der Waals surface area contributed by atoms with Gasteiger partial charge >= 0.3 is 6.18 Å². The van der Waals surface area contributed by atoms with E-state index in [1.807, 2.05) is 30.3 Å². The SMILES string of the molecule is O=C(NCc1ccc(-c2ncnc3[nH]ccc23)cc1)c1ccc(C(F)(F)F)cc1. The maximum absolute atomic E-state index is 12.6. The van der Waals surface area contributed by atoms with Crippen LogP contribution in [0.2, 0.25) is 0 Å². The predicted molar refractivity (Wildman–Crippen MR) is 102 cm³/mol. The van der Waals surface area contributed by atoms with E-state index in [4.69, 9.17) is 0 Å². The minimum atomic E-state index is -4.42. The second-order valence-electron chi connectivity index (χ2n) is 6.42. The molecule has 146 valence electrons. The Morgan fingerprint density at radius 2 is 1.69 bits per heavy atom. The molecule has 0 aliphatic carbocycles. The van der Waals surface area contributed by atoms with Crippen molar-refractivity contribution in [1.29, 1.82) is 0 Å². The molecule has 2 aromatic heterocycles. The van der Waals surface area contributed by atoms with E-state index in [1.54, 1.807) is 6.20 Å². The Hall–Kier alpha value is -3.68. The van der Waals surface area contributed by atoms with Crippen molar-refractivity contribution in [2.45, 2.75) is 12.7 Å². The molecule has 0 unspecified atom stereocenters. The van der Waals surface area contributed by atoms with Gasteiger partial charge in [0.15, 0.2) is 0 Å². The van der Waals surface area contributed by atoms with Gasteiger partial charge in [0.25, 0.3) is 5.91 Å². The van der Waals surface area contributed by atoms with Gasteiger partial charge in [0.1, 0.15) is 12.0 Å². The zero-order chi connectivity index (χ0) is 20.4. The summed E-state index contributed by atoms with van der Waals surface area (Å²) in [7, 11) is 0. The average Bonchev–Trinajstić information content (AvgIpc) is 3.21. The van der Waals surface area contributed by atoms with Gasteiger partial charge in [-0.3, -0.25) is 4.79 Å². The van der Waals surface area contributed by atoms with Gasteiger partial charge in [-0.1, -0.05) is 24.3 Å². The molecule has 0 saturated heterocycles. The average molecular weight is 396 g/mol. The van der Waals surface area contributed by atoms with Crippen molar-refractivity contribution < 1.29 is 18.0 Å². The highest BCUT2D eigenvalue weighted by Gasteiger charge is 2.30. The van der Waals surface area contributed by atoms with Gasteiger partial charge in [-0.25, -0.2) is 9.97 Å².